The largest absolute Gasteiger partial charge is 0.573 e. The molecule has 1 saturated carbocycles. The highest BCUT2D eigenvalue weighted by Crippen LogP contribution is 2.48. The third kappa shape index (κ3) is 23.2. The van der Waals surface area contributed by atoms with E-state index in [1.807, 2.05) is 53.6 Å². The van der Waals surface area contributed by atoms with E-state index < -0.39 is 25.4 Å². The molecule has 6 aromatic carbocycles. The topological polar surface area (TPSA) is 113 Å². The quantitative estimate of drug-likeness (QED) is 0.0423. The Hall–Kier alpha value is -9.76. The van der Waals surface area contributed by atoms with Gasteiger partial charge in [0.05, 0.1) is 38.5 Å². The summed E-state index contributed by atoms with van der Waals surface area (Å²) in [6.07, 6.45) is -3.51. The molecule has 19 nitrogen and oxygen atoms in total. The van der Waals surface area contributed by atoms with Crippen molar-refractivity contribution in [2.24, 2.45) is 10.8 Å². The summed E-state index contributed by atoms with van der Waals surface area (Å²) in [5.74, 6) is 1.18. The van der Waals surface area contributed by atoms with Crippen molar-refractivity contribution in [1.82, 2.24) is 56.8 Å². The lowest BCUT2D eigenvalue weighted by molar-refractivity contribution is -0.275. The van der Waals surface area contributed by atoms with Crippen LogP contribution in [-0.2, 0) is 44.0 Å². The normalized spacial score (nSPS) is 16.5. The minimum atomic E-state index is -4.66. The predicted octanol–water partition coefficient (Wildman–Crippen LogP) is 17.4. The predicted molar refractivity (Wildman–Crippen MR) is 428 cm³/mol. The standard InChI is InChI=1S/C17H19F3N2O.C16H17F3N2O2.C14H15F3N2O.C13H13F3N2O.2C13H18N2O/c18-17(19,20)23-14-2-3-15-13(10-14)4-7-22(15)9-8-21-11-16(12-21)5-1-6-16;17-16(18,19)23-13-1-2-14-12(7-13)3-4-21(14)6-5-20-8-15(9-20)10-22-11-15;15-14(16,17)20-12-2-3-13-11(10-12)4-7-19(13)9-8-18-5-1-6-18;14-13(15,16)19-11-1-2-12-10(9-11)3-4-18(12)8-7-17-5-6-17;1-14(2)8-9-15-10-13(16-3)11-6-4-5-7-12(11)15;1-14(2)8-9-15-12-7-5-4-6-11(12)10-13(15)16-3/h2-4,7,10H,1,5-6,8-9,11-12H2;1-4,7H,5-6,8-11H2;2-4,7,10H,1,5-6,8-9H2;1-4,9H,5-8H2;2*4-7,10H,8-9H2,1-3H3. The smallest absolute Gasteiger partial charge is 0.495 e. The molecule has 1 aliphatic carbocycles. The molecular weight excluding hydrogens is 1540 g/mol. The fourth-order valence-electron chi connectivity index (χ4n) is 15.6. The van der Waals surface area contributed by atoms with Crippen molar-refractivity contribution in [1.29, 1.82) is 0 Å². The molecule has 0 atom stereocenters. The molecule has 0 radical (unpaired) electrons. The Kier molecular flexibility index (Phi) is 26.6. The van der Waals surface area contributed by atoms with Crippen LogP contribution in [0.2, 0.25) is 0 Å². The lowest BCUT2D eigenvalue weighted by Gasteiger charge is -2.56. The van der Waals surface area contributed by atoms with Crippen molar-refractivity contribution in [3.8, 4) is 34.6 Å². The van der Waals surface area contributed by atoms with E-state index >= 15 is 0 Å². The van der Waals surface area contributed by atoms with Crippen LogP contribution in [0.4, 0.5) is 52.7 Å². The molecule has 11 heterocycles. The molecule has 117 heavy (non-hydrogen) atoms. The zero-order chi connectivity index (χ0) is 82.9. The van der Waals surface area contributed by atoms with E-state index in [4.69, 9.17) is 14.2 Å². The second-order valence-corrected chi connectivity index (χ2v) is 31.3. The van der Waals surface area contributed by atoms with E-state index in [0.29, 0.717) is 10.8 Å². The fraction of sp³-hybridized carbons (Fsp3) is 0.442. The van der Waals surface area contributed by atoms with Crippen LogP contribution in [0.25, 0.3) is 65.4 Å². The Bertz CT molecular complexity index is 5090. The number of nitrogens with zero attached hydrogens (tertiary/aromatic N) is 12. The molecule has 2 spiro atoms. The maximum absolute atomic E-state index is 12.3. The number of alkyl halides is 12. The third-order valence-corrected chi connectivity index (χ3v) is 22.0. The van der Waals surface area contributed by atoms with Gasteiger partial charge >= 0.3 is 25.4 Å². The van der Waals surface area contributed by atoms with Crippen LogP contribution in [0.3, 0.4) is 0 Å². The molecule has 12 aromatic rings. The van der Waals surface area contributed by atoms with E-state index in [1.165, 1.54) is 109 Å². The first-order chi connectivity index (χ1) is 55.8. The summed E-state index contributed by atoms with van der Waals surface area (Å²) in [6.45, 7) is 22.1. The molecule has 0 unspecified atom stereocenters. The molecule has 5 aliphatic heterocycles. The molecule has 6 aromatic heterocycles. The van der Waals surface area contributed by atoms with Crippen LogP contribution in [-0.4, -0.2) is 230 Å². The van der Waals surface area contributed by atoms with Gasteiger partial charge in [0.15, 0.2) is 5.88 Å². The molecule has 5 saturated heterocycles. The molecule has 630 valence electrons. The summed E-state index contributed by atoms with van der Waals surface area (Å²) in [7, 11) is 11.8. The van der Waals surface area contributed by atoms with Gasteiger partial charge in [-0.05, 0) is 181 Å². The molecule has 0 amide bonds. The Morgan fingerprint density at radius 1 is 0.359 bits per heavy atom. The van der Waals surface area contributed by atoms with Crippen molar-refractivity contribution in [2.45, 2.75) is 90.4 Å². The van der Waals surface area contributed by atoms with Crippen LogP contribution < -0.4 is 28.4 Å². The molecule has 6 fully saturated rings. The number of fused-ring (bicyclic) bond motifs is 6. The number of aromatic nitrogens is 6. The summed E-state index contributed by atoms with van der Waals surface area (Å²) in [4.78, 5) is 13.9. The van der Waals surface area contributed by atoms with Gasteiger partial charge in [0.25, 0.3) is 0 Å². The Morgan fingerprint density at radius 3 is 1.09 bits per heavy atom. The van der Waals surface area contributed by atoms with Gasteiger partial charge in [-0.3, -0.25) is 4.90 Å². The number of para-hydroxylation sites is 2. The SMILES string of the molecule is COc1cc2ccccc2n1CCN(C)C.COc1cn(CCN(C)C)c2ccccc12.FC(F)(F)Oc1ccc2c(ccn2CCN2CC2)c1.FC(F)(F)Oc1ccc2c(ccn2CCN2CC3(CCC3)C2)c1.FC(F)(F)Oc1ccc2c(ccn2CCN2CC3(COC3)C2)c1.FC(F)(F)Oc1ccc2c(ccn2CCN2CCC2)c1. The molecule has 31 heteroatoms. The van der Waals surface area contributed by atoms with Gasteiger partial charge in [-0.15, -0.1) is 52.7 Å². The first-order valence-corrected chi connectivity index (χ1v) is 39.2. The van der Waals surface area contributed by atoms with Crippen molar-refractivity contribution in [2.75, 3.05) is 147 Å². The summed E-state index contributed by atoms with van der Waals surface area (Å²) in [5, 5.41) is 5.45. The van der Waals surface area contributed by atoms with Crippen molar-refractivity contribution in [3.05, 3.63) is 183 Å². The second kappa shape index (κ2) is 36.6. The highest BCUT2D eigenvalue weighted by atomic mass is 19.4. The summed E-state index contributed by atoms with van der Waals surface area (Å²) in [5.41, 5.74) is 7.23. The molecule has 6 aliphatic rings. The van der Waals surface area contributed by atoms with E-state index in [9.17, 15) is 52.7 Å². The average Bonchev–Trinajstić information content (AvgIpc) is 1.68. The Morgan fingerprint density at radius 2 is 0.735 bits per heavy atom. The van der Waals surface area contributed by atoms with Crippen LogP contribution >= 0.6 is 0 Å². The maximum Gasteiger partial charge on any atom is 0.573 e. The van der Waals surface area contributed by atoms with Gasteiger partial charge in [-0.2, -0.15) is 0 Å². The van der Waals surface area contributed by atoms with E-state index in [1.54, 1.807) is 44.6 Å². The van der Waals surface area contributed by atoms with Crippen LogP contribution in [0.5, 0.6) is 34.6 Å². The number of halogens is 12. The highest BCUT2D eigenvalue weighted by Gasteiger charge is 2.49. The van der Waals surface area contributed by atoms with Gasteiger partial charge in [0.2, 0.25) is 0 Å². The summed E-state index contributed by atoms with van der Waals surface area (Å²) in [6, 6.07) is 43.9. The van der Waals surface area contributed by atoms with E-state index in [0.717, 1.165) is 186 Å². The number of likely N-dealkylation sites (N-methyl/N-ethyl adjacent to an activating group) is 2. The van der Waals surface area contributed by atoms with Gasteiger partial charge in [0.1, 0.15) is 28.7 Å². The number of hydrogen-bond donors (Lipinski definition) is 0. The average molecular weight is 1640 g/mol. The number of rotatable bonds is 24. The Labute approximate surface area is 671 Å². The summed E-state index contributed by atoms with van der Waals surface area (Å²) >= 11 is 0. The molecular formula is C86H100F12N12O7. The molecule has 0 bridgehead atoms. The second-order valence-electron chi connectivity index (χ2n) is 31.3. The van der Waals surface area contributed by atoms with Crippen molar-refractivity contribution < 1.29 is 85.8 Å². The van der Waals surface area contributed by atoms with Crippen molar-refractivity contribution in [3.63, 3.8) is 0 Å². The van der Waals surface area contributed by atoms with Gasteiger partial charge in [-0.1, -0.05) is 36.8 Å². The third-order valence-electron chi connectivity index (χ3n) is 22.0. The van der Waals surface area contributed by atoms with Gasteiger partial charge < -0.3 is 85.1 Å². The molecule has 18 rings (SSSR count). The Balaban J connectivity index is 0.000000123. The van der Waals surface area contributed by atoms with E-state index in [-0.39, 0.29) is 23.0 Å². The first kappa shape index (κ1) is 85.1. The fourth-order valence-corrected chi connectivity index (χ4v) is 15.6. The minimum absolute atomic E-state index is 0.169. The van der Waals surface area contributed by atoms with Crippen LogP contribution in [0.1, 0.15) is 25.7 Å². The number of ether oxygens (including phenoxy) is 7. The van der Waals surface area contributed by atoms with E-state index in [2.05, 4.69) is 154 Å². The number of methoxy groups -OCH3 is 2. The van der Waals surface area contributed by atoms with Gasteiger partial charge in [-0.25, -0.2) is 0 Å². The zero-order valence-corrected chi connectivity index (χ0v) is 66.5. The number of benzene rings is 6. The van der Waals surface area contributed by atoms with Crippen LogP contribution in [0.15, 0.2) is 183 Å². The first-order valence-electron chi connectivity index (χ1n) is 39.2. The lowest BCUT2D eigenvalue weighted by Crippen LogP contribution is -2.66. The monoisotopic (exact) mass is 1640 g/mol. The minimum Gasteiger partial charge on any atom is -0.495 e. The lowest BCUT2D eigenvalue weighted by atomic mass is 9.63. The van der Waals surface area contributed by atoms with Crippen molar-refractivity contribution >= 4 is 65.4 Å². The molecule has 0 N–H and O–H groups in total. The number of likely N-dealkylation sites (tertiary alicyclic amines) is 3. The number of hydrogen-bond acceptors (Lipinski definition) is 13. The highest BCUT2D eigenvalue weighted by molar-refractivity contribution is 5.87. The van der Waals surface area contributed by atoms with Crippen LogP contribution in [0, 0.1) is 10.8 Å². The maximum atomic E-state index is 12.3. The summed E-state index contributed by atoms with van der Waals surface area (Å²) < 4.78 is 191. The van der Waals surface area contributed by atoms with Gasteiger partial charge in [0, 0.05) is 215 Å². The zero-order valence-electron chi connectivity index (χ0n) is 66.5.